The highest BCUT2D eigenvalue weighted by molar-refractivity contribution is 5.83. The van der Waals surface area contributed by atoms with Gasteiger partial charge < -0.3 is 24.6 Å². The van der Waals surface area contributed by atoms with Gasteiger partial charge in [-0.1, -0.05) is 12.0 Å². The molecule has 0 radical (unpaired) electrons. The summed E-state index contributed by atoms with van der Waals surface area (Å²) < 4.78 is 41.9. The molecule has 0 aliphatic carbocycles. The first kappa shape index (κ1) is 34.6. The number of hydrogen-bond donors (Lipinski definition) is 1. The first-order valence-electron chi connectivity index (χ1n) is 16.4. The molecule has 5 rings (SSSR count). The number of alkyl halides is 3. The second-order valence-corrected chi connectivity index (χ2v) is 13.2. The van der Waals surface area contributed by atoms with E-state index < -0.39 is 18.1 Å². The molecule has 0 saturated carbocycles. The fourth-order valence-corrected chi connectivity index (χ4v) is 6.33. The summed E-state index contributed by atoms with van der Waals surface area (Å²) in [6.07, 6.45) is 0.778. The normalized spacial score (nSPS) is 16.0. The van der Waals surface area contributed by atoms with Crippen LogP contribution in [0.1, 0.15) is 57.0 Å². The van der Waals surface area contributed by atoms with Crippen molar-refractivity contribution in [1.82, 2.24) is 24.3 Å². The number of carbonyl (C=O) groups is 2. The van der Waals surface area contributed by atoms with Crippen LogP contribution in [0.3, 0.4) is 0 Å². The van der Waals surface area contributed by atoms with E-state index in [9.17, 15) is 28.0 Å². The number of aromatic nitrogens is 2. The Labute approximate surface area is 279 Å². The lowest BCUT2D eigenvalue weighted by Gasteiger charge is -2.39. The zero-order chi connectivity index (χ0) is 34.5. The summed E-state index contributed by atoms with van der Waals surface area (Å²) in [6.45, 7) is 7.88. The van der Waals surface area contributed by atoms with Gasteiger partial charge in [0.1, 0.15) is 6.54 Å². The monoisotopic (exact) mass is 661 g/mol. The number of nitrogens with one attached hydrogen (secondary N) is 1. The maximum atomic E-state index is 13.6. The van der Waals surface area contributed by atoms with Crippen LogP contribution in [-0.2, 0) is 23.2 Å². The second kappa shape index (κ2) is 14.6. The van der Waals surface area contributed by atoms with Crippen LogP contribution >= 0.6 is 0 Å². The van der Waals surface area contributed by atoms with E-state index in [0.29, 0.717) is 67.8 Å². The van der Waals surface area contributed by atoms with Crippen molar-refractivity contribution in [3.63, 3.8) is 0 Å². The Morgan fingerprint density at radius 1 is 0.979 bits per heavy atom. The van der Waals surface area contributed by atoms with Crippen molar-refractivity contribution in [1.29, 1.82) is 5.26 Å². The first-order valence-corrected chi connectivity index (χ1v) is 16.4. The molecular formula is C36H42F3N7O2. The number of nitriles is 1. The quantitative estimate of drug-likeness (QED) is 0.324. The summed E-state index contributed by atoms with van der Waals surface area (Å²) in [7, 11) is 0. The summed E-state index contributed by atoms with van der Waals surface area (Å²) in [4.78, 5) is 34.5. The number of rotatable bonds is 7. The SMILES string of the molecule is CC(=O)N1CCN(C(=O)N2CCC(CCc3ccc4c(c3)cc(C#CCNc3ccc(C(C)(C)C#N)nc3)n4CC(F)(F)F)CC2)CC1. The maximum Gasteiger partial charge on any atom is 0.406 e. The van der Waals surface area contributed by atoms with Gasteiger partial charge in [0.05, 0.1) is 41.3 Å². The molecule has 4 heterocycles. The highest BCUT2D eigenvalue weighted by atomic mass is 19.4. The third kappa shape index (κ3) is 8.60. The van der Waals surface area contributed by atoms with Crippen LogP contribution < -0.4 is 5.32 Å². The van der Waals surface area contributed by atoms with Gasteiger partial charge in [-0.3, -0.25) is 9.78 Å². The van der Waals surface area contributed by atoms with E-state index in [1.54, 1.807) is 56.1 Å². The fourth-order valence-electron chi connectivity index (χ4n) is 6.33. The average molecular weight is 662 g/mol. The predicted octanol–water partition coefficient (Wildman–Crippen LogP) is 5.79. The van der Waals surface area contributed by atoms with Crippen LogP contribution in [0.5, 0.6) is 0 Å². The lowest BCUT2D eigenvalue weighted by Crippen LogP contribution is -2.54. The molecule has 254 valence electrons. The largest absolute Gasteiger partial charge is 0.406 e. The van der Waals surface area contributed by atoms with Crippen LogP contribution in [0.4, 0.5) is 23.7 Å². The van der Waals surface area contributed by atoms with E-state index in [1.807, 2.05) is 21.9 Å². The lowest BCUT2D eigenvalue weighted by molar-refractivity contribution is -0.140. The van der Waals surface area contributed by atoms with Crippen LogP contribution in [0.2, 0.25) is 0 Å². The Kier molecular flexibility index (Phi) is 10.5. The molecule has 1 N–H and O–H groups in total. The summed E-state index contributed by atoms with van der Waals surface area (Å²) in [5, 5.41) is 13.1. The summed E-state index contributed by atoms with van der Waals surface area (Å²) in [6, 6.07) is 13.2. The topological polar surface area (TPSA) is 97.5 Å². The van der Waals surface area contributed by atoms with Crippen LogP contribution in [0.25, 0.3) is 10.9 Å². The second-order valence-electron chi connectivity index (χ2n) is 13.2. The van der Waals surface area contributed by atoms with Crippen molar-refractivity contribution >= 4 is 28.5 Å². The van der Waals surface area contributed by atoms with E-state index in [4.69, 9.17) is 0 Å². The van der Waals surface area contributed by atoms with E-state index >= 15 is 0 Å². The predicted molar refractivity (Wildman–Crippen MR) is 178 cm³/mol. The van der Waals surface area contributed by atoms with E-state index in [-0.39, 0.29) is 18.5 Å². The van der Waals surface area contributed by atoms with E-state index in [2.05, 4.69) is 28.2 Å². The van der Waals surface area contributed by atoms with Crippen LogP contribution in [-0.4, -0.2) is 88.2 Å². The Bertz CT molecular complexity index is 1710. The summed E-state index contributed by atoms with van der Waals surface area (Å²) >= 11 is 0. The van der Waals surface area contributed by atoms with Gasteiger partial charge in [0, 0.05) is 57.1 Å². The number of likely N-dealkylation sites (tertiary alicyclic amines) is 1. The maximum absolute atomic E-state index is 13.6. The van der Waals surface area contributed by atoms with Gasteiger partial charge in [0.2, 0.25) is 5.91 Å². The molecule has 48 heavy (non-hydrogen) atoms. The molecule has 2 fully saturated rings. The number of urea groups is 1. The van der Waals surface area contributed by atoms with Gasteiger partial charge in [-0.05, 0) is 87.3 Å². The van der Waals surface area contributed by atoms with Crippen molar-refractivity contribution < 1.29 is 22.8 Å². The Morgan fingerprint density at radius 3 is 2.29 bits per heavy atom. The number of carbonyl (C=O) groups excluding carboxylic acids is 2. The van der Waals surface area contributed by atoms with Crippen molar-refractivity contribution in [3.05, 3.63) is 59.5 Å². The Hall–Kier alpha value is -4.71. The Balaban J connectivity index is 1.17. The standard InChI is InChI=1S/C36H42F3N7O2/c1-26(47)43-17-19-45(20-18-43)34(48)44-15-12-27(13-16-44)6-7-28-8-10-32-29(21-28)22-31(46(32)25-36(37,38)39)5-4-14-41-30-9-11-33(42-23-30)35(2,3)24-40/h8-11,21-23,27,41H,6-7,12-20,25H2,1-3H3. The molecule has 2 aliphatic heterocycles. The number of amides is 3. The number of aryl methyl sites for hydroxylation is 1. The van der Waals surface area contributed by atoms with Gasteiger partial charge >= 0.3 is 12.2 Å². The Morgan fingerprint density at radius 2 is 1.67 bits per heavy atom. The number of anilines is 1. The van der Waals surface area contributed by atoms with Gasteiger partial charge in [-0.25, -0.2) is 4.79 Å². The average Bonchev–Trinajstić information content (AvgIpc) is 3.40. The smallest absolute Gasteiger partial charge is 0.373 e. The molecule has 1 aromatic carbocycles. The minimum absolute atomic E-state index is 0.0401. The summed E-state index contributed by atoms with van der Waals surface area (Å²) in [5.41, 5.74) is 2.48. The van der Waals surface area contributed by atoms with Gasteiger partial charge in [0.15, 0.2) is 0 Å². The van der Waals surface area contributed by atoms with Crippen molar-refractivity contribution in [2.75, 3.05) is 51.1 Å². The first-order chi connectivity index (χ1) is 22.8. The van der Waals surface area contributed by atoms with Crippen molar-refractivity contribution in [3.8, 4) is 17.9 Å². The molecule has 3 amide bonds. The number of nitrogens with zero attached hydrogens (tertiary/aromatic N) is 6. The fraction of sp³-hybridized carbons (Fsp3) is 0.500. The third-order valence-electron chi connectivity index (χ3n) is 9.31. The zero-order valence-electron chi connectivity index (χ0n) is 27.7. The number of fused-ring (bicyclic) bond motifs is 1. The number of pyridine rings is 1. The number of benzene rings is 1. The molecule has 0 bridgehead atoms. The molecule has 0 spiro atoms. The number of halogens is 3. The molecule has 0 unspecified atom stereocenters. The molecule has 2 saturated heterocycles. The number of piperazine rings is 1. The molecular weight excluding hydrogens is 619 g/mol. The molecule has 9 nitrogen and oxygen atoms in total. The minimum atomic E-state index is -4.40. The number of hydrogen-bond acceptors (Lipinski definition) is 5. The molecule has 3 aromatic rings. The molecule has 12 heteroatoms. The van der Waals surface area contributed by atoms with E-state index in [1.165, 1.54) is 4.57 Å². The summed E-state index contributed by atoms with van der Waals surface area (Å²) in [5.74, 6) is 6.37. The van der Waals surface area contributed by atoms with Crippen molar-refractivity contribution in [2.24, 2.45) is 5.92 Å². The highest BCUT2D eigenvalue weighted by Gasteiger charge is 2.31. The molecule has 2 aliphatic rings. The minimum Gasteiger partial charge on any atom is -0.373 e. The zero-order valence-corrected chi connectivity index (χ0v) is 27.7. The van der Waals surface area contributed by atoms with Crippen LogP contribution in [0.15, 0.2) is 42.6 Å². The van der Waals surface area contributed by atoms with Gasteiger partial charge in [-0.15, -0.1) is 0 Å². The lowest BCUT2D eigenvalue weighted by atomic mass is 9.90. The molecule has 2 aromatic heterocycles. The van der Waals surface area contributed by atoms with Crippen molar-refractivity contribution in [2.45, 2.75) is 64.6 Å². The number of piperidine rings is 1. The highest BCUT2D eigenvalue weighted by Crippen LogP contribution is 2.29. The third-order valence-corrected chi connectivity index (χ3v) is 9.31. The van der Waals surface area contributed by atoms with Crippen LogP contribution in [0, 0.1) is 29.1 Å². The van der Waals surface area contributed by atoms with Gasteiger partial charge in [0.25, 0.3) is 0 Å². The van der Waals surface area contributed by atoms with Gasteiger partial charge in [-0.2, -0.15) is 18.4 Å². The molecule has 0 atom stereocenters. The van der Waals surface area contributed by atoms with E-state index in [0.717, 1.165) is 36.6 Å².